The van der Waals surface area contributed by atoms with Crippen LogP contribution in [0.15, 0.2) is 0 Å². The topological polar surface area (TPSA) is 60.0 Å². The second-order valence-electron chi connectivity index (χ2n) is 5.80. The summed E-state index contributed by atoms with van der Waals surface area (Å²) in [5.74, 6) is 0. The SMILES string of the molecule is CCCCOCCOCCOCCNCC1(O)CCCC1. The highest BCUT2D eigenvalue weighted by molar-refractivity contribution is 4.85. The van der Waals surface area contributed by atoms with Crippen molar-refractivity contribution in [2.45, 2.75) is 51.0 Å². The molecule has 0 saturated heterocycles. The van der Waals surface area contributed by atoms with Gasteiger partial charge in [0.05, 0.1) is 38.6 Å². The van der Waals surface area contributed by atoms with Crippen LogP contribution in [0.4, 0.5) is 0 Å². The van der Waals surface area contributed by atoms with E-state index in [0.29, 0.717) is 39.6 Å². The van der Waals surface area contributed by atoms with Gasteiger partial charge in [-0.25, -0.2) is 0 Å². The van der Waals surface area contributed by atoms with Crippen molar-refractivity contribution in [2.24, 2.45) is 0 Å². The summed E-state index contributed by atoms with van der Waals surface area (Å²) in [7, 11) is 0. The van der Waals surface area contributed by atoms with E-state index in [1.54, 1.807) is 0 Å². The van der Waals surface area contributed by atoms with Crippen LogP contribution in [-0.2, 0) is 14.2 Å². The third kappa shape index (κ3) is 10.2. The van der Waals surface area contributed by atoms with Gasteiger partial charge in [0.15, 0.2) is 0 Å². The molecule has 1 fully saturated rings. The largest absolute Gasteiger partial charge is 0.389 e. The number of unbranched alkanes of at least 4 members (excludes halogenated alkanes) is 1. The van der Waals surface area contributed by atoms with Crippen molar-refractivity contribution < 1.29 is 19.3 Å². The molecule has 0 aromatic carbocycles. The van der Waals surface area contributed by atoms with Gasteiger partial charge in [-0.3, -0.25) is 0 Å². The van der Waals surface area contributed by atoms with E-state index < -0.39 is 5.60 Å². The molecular weight excluding hydrogens is 270 g/mol. The maximum Gasteiger partial charge on any atom is 0.0771 e. The van der Waals surface area contributed by atoms with Crippen LogP contribution in [0.2, 0.25) is 0 Å². The molecule has 1 aliphatic carbocycles. The first-order valence-electron chi connectivity index (χ1n) is 8.43. The third-order valence-electron chi connectivity index (χ3n) is 3.80. The van der Waals surface area contributed by atoms with Crippen LogP contribution in [-0.4, -0.2) is 63.4 Å². The van der Waals surface area contributed by atoms with E-state index in [2.05, 4.69) is 12.2 Å². The van der Waals surface area contributed by atoms with Crippen molar-refractivity contribution in [3.05, 3.63) is 0 Å². The molecule has 0 spiro atoms. The maximum atomic E-state index is 10.1. The summed E-state index contributed by atoms with van der Waals surface area (Å²) >= 11 is 0. The standard InChI is InChI=1S/C16H33NO4/c1-2-3-9-19-11-13-21-14-12-20-10-8-17-15-16(18)6-4-5-7-16/h17-18H,2-15H2,1H3. The smallest absolute Gasteiger partial charge is 0.0771 e. The Hall–Kier alpha value is -0.200. The number of nitrogens with one attached hydrogen (secondary N) is 1. The minimum atomic E-state index is -0.471. The Morgan fingerprint density at radius 1 is 0.905 bits per heavy atom. The summed E-state index contributed by atoms with van der Waals surface area (Å²) in [6, 6.07) is 0. The van der Waals surface area contributed by atoms with Crippen molar-refractivity contribution in [2.75, 3.05) is 52.7 Å². The molecule has 1 aliphatic rings. The lowest BCUT2D eigenvalue weighted by molar-refractivity contribution is 0.0126. The first-order chi connectivity index (χ1) is 10.3. The van der Waals surface area contributed by atoms with Gasteiger partial charge in [0, 0.05) is 19.7 Å². The zero-order chi connectivity index (χ0) is 15.2. The summed E-state index contributed by atoms with van der Waals surface area (Å²) in [6.07, 6.45) is 6.43. The number of hydrogen-bond donors (Lipinski definition) is 2. The van der Waals surface area contributed by atoms with Gasteiger partial charge in [-0.1, -0.05) is 26.2 Å². The highest BCUT2D eigenvalue weighted by Crippen LogP contribution is 2.28. The lowest BCUT2D eigenvalue weighted by atomic mass is 10.0. The fourth-order valence-corrected chi connectivity index (χ4v) is 2.46. The average molecular weight is 303 g/mol. The van der Waals surface area contributed by atoms with Gasteiger partial charge in [-0.15, -0.1) is 0 Å². The number of hydrogen-bond acceptors (Lipinski definition) is 5. The van der Waals surface area contributed by atoms with Gasteiger partial charge in [0.25, 0.3) is 0 Å². The second kappa shape index (κ2) is 12.4. The molecule has 0 heterocycles. The molecule has 0 atom stereocenters. The highest BCUT2D eigenvalue weighted by atomic mass is 16.5. The summed E-state index contributed by atoms with van der Waals surface area (Å²) in [5, 5.41) is 13.4. The molecule has 0 aromatic heterocycles. The average Bonchev–Trinajstić information content (AvgIpc) is 2.91. The predicted molar refractivity (Wildman–Crippen MR) is 83.7 cm³/mol. The molecule has 1 rings (SSSR count). The monoisotopic (exact) mass is 303 g/mol. The van der Waals surface area contributed by atoms with Crippen LogP contribution >= 0.6 is 0 Å². The third-order valence-corrected chi connectivity index (χ3v) is 3.80. The molecular formula is C16H33NO4. The van der Waals surface area contributed by atoms with Crippen molar-refractivity contribution in [3.63, 3.8) is 0 Å². The van der Waals surface area contributed by atoms with Gasteiger partial charge in [0.2, 0.25) is 0 Å². The van der Waals surface area contributed by atoms with Gasteiger partial charge >= 0.3 is 0 Å². The molecule has 1 saturated carbocycles. The summed E-state index contributed by atoms with van der Waals surface area (Å²) in [4.78, 5) is 0. The molecule has 0 radical (unpaired) electrons. The molecule has 0 aliphatic heterocycles. The fraction of sp³-hybridized carbons (Fsp3) is 1.00. The van der Waals surface area contributed by atoms with E-state index in [1.807, 2.05) is 0 Å². The lowest BCUT2D eigenvalue weighted by Crippen LogP contribution is -2.39. The minimum Gasteiger partial charge on any atom is -0.389 e. The molecule has 5 nitrogen and oxygen atoms in total. The van der Waals surface area contributed by atoms with Crippen LogP contribution in [0.25, 0.3) is 0 Å². The van der Waals surface area contributed by atoms with E-state index in [-0.39, 0.29) is 0 Å². The number of aliphatic hydroxyl groups is 1. The quantitative estimate of drug-likeness (QED) is 0.479. The molecule has 21 heavy (non-hydrogen) atoms. The van der Waals surface area contributed by atoms with E-state index in [1.165, 1.54) is 6.42 Å². The summed E-state index contributed by atoms with van der Waals surface area (Å²) in [5.41, 5.74) is -0.471. The lowest BCUT2D eigenvalue weighted by Gasteiger charge is -2.22. The first-order valence-corrected chi connectivity index (χ1v) is 8.43. The Labute approximate surface area is 129 Å². The summed E-state index contributed by atoms with van der Waals surface area (Å²) in [6.45, 7) is 7.63. The first kappa shape index (κ1) is 18.8. The van der Waals surface area contributed by atoms with Crippen molar-refractivity contribution in [3.8, 4) is 0 Å². The molecule has 0 bridgehead atoms. The van der Waals surface area contributed by atoms with Gasteiger partial charge in [0.1, 0.15) is 0 Å². The van der Waals surface area contributed by atoms with Crippen LogP contribution < -0.4 is 5.32 Å². The molecule has 0 unspecified atom stereocenters. The Kier molecular flexibility index (Phi) is 11.1. The van der Waals surface area contributed by atoms with Gasteiger partial charge in [-0.2, -0.15) is 0 Å². The zero-order valence-electron chi connectivity index (χ0n) is 13.6. The van der Waals surface area contributed by atoms with Crippen molar-refractivity contribution in [1.82, 2.24) is 5.32 Å². The van der Waals surface area contributed by atoms with Gasteiger partial charge in [-0.05, 0) is 19.3 Å². The Morgan fingerprint density at radius 2 is 1.48 bits per heavy atom. The predicted octanol–water partition coefficient (Wildman–Crippen LogP) is 1.73. The molecule has 126 valence electrons. The highest BCUT2D eigenvalue weighted by Gasteiger charge is 2.30. The number of ether oxygens (including phenoxy) is 3. The van der Waals surface area contributed by atoms with Crippen LogP contribution in [0, 0.1) is 0 Å². The van der Waals surface area contributed by atoms with Crippen molar-refractivity contribution >= 4 is 0 Å². The van der Waals surface area contributed by atoms with Gasteiger partial charge < -0.3 is 24.6 Å². The Balaban J connectivity index is 1.73. The number of rotatable bonds is 14. The van der Waals surface area contributed by atoms with E-state index >= 15 is 0 Å². The van der Waals surface area contributed by atoms with Crippen LogP contribution in [0.1, 0.15) is 45.4 Å². The molecule has 0 aromatic rings. The second-order valence-corrected chi connectivity index (χ2v) is 5.80. The summed E-state index contributed by atoms with van der Waals surface area (Å²) < 4.78 is 16.3. The Bertz CT molecular complexity index is 232. The van der Waals surface area contributed by atoms with Crippen LogP contribution in [0.5, 0.6) is 0 Å². The van der Waals surface area contributed by atoms with E-state index in [4.69, 9.17) is 14.2 Å². The minimum absolute atomic E-state index is 0.471. The zero-order valence-corrected chi connectivity index (χ0v) is 13.6. The van der Waals surface area contributed by atoms with E-state index in [9.17, 15) is 5.11 Å². The van der Waals surface area contributed by atoms with Crippen molar-refractivity contribution in [1.29, 1.82) is 0 Å². The van der Waals surface area contributed by atoms with Crippen LogP contribution in [0.3, 0.4) is 0 Å². The van der Waals surface area contributed by atoms with E-state index in [0.717, 1.165) is 45.3 Å². The molecule has 2 N–H and O–H groups in total. The normalized spacial score (nSPS) is 17.4. The maximum absolute atomic E-state index is 10.1. The Morgan fingerprint density at radius 3 is 2.10 bits per heavy atom. The fourth-order valence-electron chi connectivity index (χ4n) is 2.46. The molecule has 5 heteroatoms. The molecule has 0 amide bonds.